The lowest BCUT2D eigenvalue weighted by Crippen LogP contribution is -1.97. The first-order valence-corrected chi connectivity index (χ1v) is 7.14. The van der Waals surface area contributed by atoms with Crippen LogP contribution in [0, 0.1) is 24.0 Å². The first-order valence-electron chi connectivity index (χ1n) is 6.76. The van der Waals surface area contributed by atoms with Crippen molar-refractivity contribution in [3.05, 3.63) is 73.8 Å². The minimum atomic E-state index is -0.629. The molecule has 2 aromatic carbocycles. The molecule has 0 heterocycles. The Morgan fingerprint density at radius 1 is 1.22 bits per heavy atom. The zero-order valence-electron chi connectivity index (χ0n) is 12.5. The molecule has 23 heavy (non-hydrogen) atoms. The number of aromatic hydroxyl groups is 1. The largest absolute Gasteiger partial charge is 0.507 e. The van der Waals surface area contributed by atoms with Gasteiger partial charge in [0.1, 0.15) is 10.8 Å². The molecular formula is C17H14ClNO4. The summed E-state index contributed by atoms with van der Waals surface area (Å²) in [7, 11) is 0. The van der Waals surface area contributed by atoms with Crippen LogP contribution < -0.4 is 0 Å². The first kappa shape index (κ1) is 16.7. The number of allylic oxidation sites excluding steroid dienone is 1. The van der Waals surface area contributed by atoms with E-state index in [1.54, 1.807) is 32.1 Å². The molecule has 118 valence electrons. The predicted molar refractivity (Wildman–Crippen MR) is 89.1 cm³/mol. The van der Waals surface area contributed by atoms with Gasteiger partial charge in [0.2, 0.25) is 0 Å². The number of ketones is 1. The third-order valence-electron chi connectivity index (χ3n) is 3.37. The van der Waals surface area contributed by atoms with Crippen LogP contribution in [0.1, 0.15) is 27.0 Å². The van der Waals surface area contributed by atoms with Crippen molar-refractivity contribution in [1.82, 2.24) is 0 Å². The molecule has 0 bridgehead atoms. The second kappa shape index (κ2) is 6.62. The van der Waals surface area contributed by atoms with Crippen LogP contribution in [0.25, 0.3) is 6.08 Å². The molecule has 0 unspecified atom stereocenters. The lowest BCUT2D eigenvalue weighted by Gasteiger charge is -2.04. The summed E-state index contributed by atoms with van der Waals surface area (Å²) in [5.41, 5.74) is 2.06. The number of nitrogens with zero attached hydrogens (tertiary/aromatic N) is 1. The van der Waals surface area contributed by atoms with E-state index in [4.69, 9.17) is 11.6 Å². The Morgan fingerprint density at radius 3 is 2.39 bits per heavy atom. The summed E-state index contributed by atoms with van der Waals surface area (Å²) in [4.78, 5) is 22.4. The van der Waals surface area contributed by atoms with Gasteiger partial charge in [0.25, 0.3) is 5.69 Å². The van der Waals surface area contributed by atoms with Gasteiger partial charge < -0.3 is 5.11 Å². The number of rotatable bonds is 4. The highest BCUT2D eigenvalue weighted by Gasteiger charge is 2.15. The summed E-state index contributed by atoms with van der Waals surface area (Å²) < 4.78 is 0. The van der Waals surface area contributed by atoms with Gasteiger partial charge in [0, 0.05) is 11.6 Å². The third kappa shape index (κ3) is 3.76. The molecule has 0 fully saturated rings. The normalized spacial score (nSPS) is 10.9. The van der Waals surface area contributed by atoms with E-state index < -0.39 is 4.92 Å². The van der Waals surface area contributed by atoms with E-state index in [1.807, 2.05) is 0 Å². The standard InChI is InChI=1S/C17H14ClNO4/c1-10-7-12(8-11(2)17(10)21)3-6-16(20)13-4-5-14(18)15(9-13)19(22)23/h3-9,21H,1-2H3/b6-3+. The number of hydrogen-bond acceptors (Lipinski definition) is 4. The molecule has 2 aromatic rings. The Bertz CT molecular complexity index is 804. The Labute approximate surface area is 138 Å². The summed E-state index contributed by atoms with van der Waals surface area (Å²) in [5, 5.41) is 20.6. The molecule has 5 nitrogen and oxygen atoms in total. The topological polar surface area (TPSA) is 80.4 Å². The van der Waals surface area contributed by atoms with Crippen LogP contribution in [-0.4, -0.2) is 15.8 Å². The lowest BCUT2D eigenvalue weighted by molar-refractivity contribution is -0.384. The van der Waals surface area contributed by atoms with E-state index in [2.05, 4.69) is 0 Å². The molecule has 0 saturated carbocycles. The van der Waals surface area contributed by atoms with Gasteiger partial charge in [-0.15, -0.1) is 0 Å². The Morgan fingerprint density at radius 2 is 1.83 bits per heavy atom. The second-order valence-corrected chi connectivity index (χ2v) is 5.53. The van der Waals surface area contributed by atoms with Gasteiger partial charge in [-0.3, -0.25) is 14.9 Å². The van der Waals surface area contributed by atoms with Crippen LogP contribution in [0.15, 0.2) is 36.4 Å². The molecule has 0 saturated heterocycles. The number of phenolic OH excluding ortho intramolecular Hbond substituents is 1. The Kier molecular flexibility index (Phi) is 4.81. The maximum Gasteiger partial charge on any atom is 0.288 e. The van der Waals surface area contributed by atoms with Crippen LogP contribution in [-0.2, 0) is 0 Å². The van der Waals surface area contributed by atoms with Crippen LogP contribution in [0.2, 0.25) is 5.02 Å². The number of nitro benzene ring substituents is 1. The summed E-state index contributed by atoms with van der Waals surface area (Å²) in [6, 6.07) is 7.42. The van der Waals surface area contributed by atoms with Crippen molar-refractivity contribution in [1.29, 1.82) is 0 Å². The van der Waals surface area contributed by atoms with Crippen molar-refractivity contribution in [2.24, 2.45) is 0 Å². The fourth-order valence-corrected chi connectivity index (χ4v) is 2.35. The number of nitro groups is 1. The van der Waals surface area contributed by atoms with E-state index >= 15 is 0 Å². The zero-order valence-corrected chi connectivity index (χ0v) is 13.3. The molecular weight excluding hydrogens is 318 g/mol. The fourth-order valence-electron chi connectivity index (χ4n) is 2.16. The quantitative estimate of drug-likeness (QED) is 0.388. The fraction of sp³-hybridized carbons (Fsp3) is 0.118. The second-order valence-electron chi connectivity index (χ2n) is 5.12. The third-order valence-corrected chi connectivity index (χ3v) is 3.69. The highest BCUT2D eigenvalue weighted by molar-refractivity contribution is 6.32. The molecule has 0 amide bonds. The molecule has 0 aromatic heterocycles. The van der Waals surface area contributed by atoms with Crippen LogP contribution in [0.5, 0.6) is 5.75 Å². The van der Waals surface area contributed by atoms with E-state index in [9.17, 15) is 20.0 Å². The number of benzene rings is 2. The summed E-state index contributed by atoms with van der Waals surface area (Å²) in [5.74, 6) is -0.144. The molecule has 0 aliphatic carbocycles. The summed E-state index contributed by atoms with van der Waals surface area (Å²) >= 11 is 5.72. The van der Waals surface area contributed by atoms with Gasteiger partial charge in [-0.1, -0.05) is 17.7 Å². The van der Waals surface area contributed by atoms with Crippen LogP contribution in [0.4, 0.5) is 5.69 Å². The maximum atomic E-state index is 12.1. The summed E-state index contributed by atoms with van der Waals surface area (Å²) in [6.07, 6.45) is 2.93. The van der Waals surface area contributed by atoms with Crippen molar-refractivity contribution in [2.45, 2.75) is 13.8 Å². The number of hydrogen-bond donors (Lipinski definition) is 1. The van der Waals surface area contributed by atoms with Crippen molar-refractivity contribution in [3.63, 3.8) is 0 Å². The van der Waals surface area contributed by atoms with Gasteiger partial charge in [-0.25, -0.2) is 0 Å². The van der Waals surface area contributed by atoms with Crippen molar-refractivity contribution in [3.8, 4) is 5.75 Å². The SMILES string of the molecule is Cc1cc(/C=C/C(=O)c2ccc(Cl)c([N+](=O)[O-])c2)cc(C)c1O. The van der Waals surface area contributed by atoms with Crippen molar-refractivity contribution in [2.75, 3.05) is 0 Å². The zero-order chi connectivity index (χ0) is 17.1. The van der Waals surface area contributed by atoms with Gasteiger partial charge in [0.05, 0.1) is 4.92 Å². The Hall–Kier alpha value is -2.66. The molecule has 0 atom stereocenters. The monoisotopic (exact) mass is 331 g/mol. The molecule has 6 heteroatoms. The number of aryl methyl sites for hydroxylation is 2. The van der Waals surface area contributed by atoms with E-state index in [0.29, 0.717) is 11.1 Å². The highest BCUT2D eigenvalue weighted by atomic mass is 35.5. The highest BCUT2D eigenvalue weighted by Crippen LogP contribution is 2.26. The average molecular weight is 332 g/mol. The molecule has 2 rings (SSSR count). The molecule has 0 radical (unpaired) electrons. The molecule has 0 spiro atoms. The first-order chi connectivity index (χ1) is 10.8. The predicted octanol–water partition coefficient (Wildman–Crippen LogP) is 4.47. The molecule has 0 aliphatic heterocycles. The van der Waals surface area contributed by atoms with Crippen LogP contribution >= 0.6 is 11.6 Å². The van der Waals surface area contributed by atoms with Crippen molar-refractivity contribution >= 4 is 29.1 Å². The molecule has 1 N–H and O–H groups in total. The lowest BCUT2D eigenvalue weighted by atomic mass is 10.0. The van der Waals surface area contributed by atoms with E-state index in [1.165, 1.54) is 18.2 Å². The minimum Gasteiger partial charge on any atom is -0.507 e. The van der Waals surface area contributed by atoms with Gasteiger partial charge in [0.15, 0.2) is 5.78 Å². The minimum absolute atomic E-state index is 0.0136. The van der Waals surface area contributed by atoms with Crippen LogP contribution in [0.3, 0.4) is 0 Å². The number of halogens is 1. The summed E-state index contributed by atoms with van der Waals surface area (Å²) in [6.45, 7) is 3.54. The number of carbonyl (C=O) groups excluding carboxylic acids is 1. The van der Waals surface area contributed by atoms with Gasteiger partial charge in [-0.05, 0) is 60.9 Å². The van der Waals surface area contributed by atoms with E-state index in [-0.39, 0.29) is 27.8 Å². The van der Waals surface area contributed by atoms with Gasteiger partial charge in [-0.2, -0.15) is 0 Å². The van der Waals surface area contributed by atoms with E-state index in [0.717, 1.165) is 11.6 Å². The average Bonchev–Trinajstić information content (AvgIpc) is 2.50. The Balaban J connectivity index is 2.29. The molecule has 0 aliphatic rings. The van der Waals surface area contributed by atoms with Gasteiger partial charge >= 0.3 is 0 Å². The smallest absolute Gasteiger partial charge is 0.288 e. The number of phenols is 1. The number of carbonyl (C=O) groups is 1. The van der Waals surface area contributed by atoms with Crippen molar-refractivity contribution < 1.29 is 14.8 Å². The maximum absolute atomic E-state index is 12.1.